The van der Waals surface area contributed by atoms with E-state index in [0.717, 1.165) is 10.2 Å². The number of hydrogen-bond donors (Lipinski definition) is 0. The van der Waals surface area contributed by atoms with E-state index >= 15 is 0 Å². The van der Waals surface area contributed by atoms with E-state index in [1.54, 1.807) is 35.2 Å². The van der Waals surface area contributed by atoms with Crippen LogP contribution in [0.2, 0.25) is 10.0 Å². The van der Waals surface area contributed by atoms with Crippen LogP contribution in [0.15, 0.2) is 58.5 Å². The van der Waals surface area contributed by atoms with Gasteiger partial charge in [0.25, 0.3) is 5.56 Å². The van der Waals surface area contributed by atoms with Gasteiger partial charge in [-0.3, -0.25) is 4.79 Å². The van der Waals surface area contributed by atoms with Gasteiger partial charge >= 0.3 is 0 Å². The molecule has 4 aromatic rings. The van der Waals surface area contributed by atoms with Crippen LogP contribution in [-0.4, -0.2) is 29.5 Å². The van der Waals surface area contributed by atoms with E-state index < -0.39 is 5.56 Å². The number of halogens is 2. The van der Waals surface area contributed by atoms with Crippen molar-refractivity contribution in [3.63, 3.8) is 0 Å². The molecule has 0 saturated carbocycles. The summed E-state index contributed by atoms with van der Waals surface area (Å²) in [5.74, 6) is 0.607. The summed E-state index contributed by atoms with van der Waals surface area (Å²) in [6, 6.07) is 7.32. The van der Waals surface area contributed by atoms with Crippen LogP contribution in [-0.2, 0) is 6.54 Å². The van der Waals surface area contributed by atoms with E-state index in [9.17, 15) is 4.79 Å². The Balaban J connectivity index is 1.52. The Bertz CT molecular complexity index is 1180. The maximum atomic E-state index is 12.5. The van der Waals surface area contributed by atoms with Crippen LogP contribution in [0.3, 0.4) is 0 Å². The standard InChI is InChI=1S/C18H12Cl2N6O2/c19-13-4-1-12(2-5-13)3-6-15-23-16(28-24-15)10-26-18(27)17(20)14(9-22-26)25-8-7-21-11-25/h1-9,11H,10H2/b6-3+. The average Bonchev–Trinajstić information content (AvgIpc) is 3.37. The summed E-state index contributed by atoms with van der Waals surface area (Å²) >= 11 is 12.0. The number of hydrogen-bond acceptors (Lipinski definition) is 6. The van der Waals surface area contributed by atoms with Crippen molar-refractivity contribution in [2.24, 2.45) is 0 Å². The fourth-order valence-corrected chi connectivity index (χ4v) is 2.79. The molecule has 1 aromatic carbocycles. The first-order valence-electron chi connectivity index (χ1n) is 8.10. The Hall–Kier alpha value is -3.23. The first-order valence-corrected chi connectivity index (χ1v) is 8.86. The van der Waals surface area contributed by atoms with Gasteiger partial charge in [-0.15, -0.1) is 0 Å². The molecule has 3 aromatic heterocycles. The van der Waals surface area contributed by atoms with Gasteiger partial charge in [0.2, 0.25) is 5.89 Å². The quantitative estimate of drug-likeness (QED) is 0.497. The molecule has 0 bridgehead atoms. The second-order valence-electron chi connectivity index (χ2n) is 5.71. The number of imidazole rings is 1. The van der Waals surface area contributed by atoms with Crippen LogP contribution < -0.4 is 5.56 Å². The van der Waals surface area contributed by atoms with Gasteiger partial charge in [0.15, 0.2) is 5.82 Å². The SMILES string of the molecule is O=c1c(Cl)c(-n2ccnc2)cnn1Cc1nc(/C=C/c2ccc(Cl)cc2)no1. The van der Waals surface area contributed by atoms with Crippen LogP contribution in [0.25, 0.3) is 17.8 Å². The summed E-state index contributed by atoms with van der Waals surface area (Å²) in [7, 11) is 0. The van der Waals surface area contributed by atoms with Crippen LogP contribution in [0.4, 0.5) is 0 Å². The molecule has 0 aliphatic carbocycles. The van der Waals surface area contributed by atoms with E-state index in [2.05, 4.69) is 20.2 Å². The molecule has 0 amide bonds. The zero-order valence-electron chi connectivity index (χ0n) is 14.2. The van der Waals surface area contributed by atoms with Crippen molar-refractivity contribution in [3.05, 3.63) is 86.9 Å². The summed E-state index contributed by atoms with van der Waals surface area (Å²) in [4.78, 5) is 20.6. The molecule has 10 heteroatoms. The van der Waals surface area contributed by atoms with Crippen LogP contribution in [0, 0.1) is 0 Å². The Kier molecular flexibility index (Phi) is 5.05. The molecule has 8 nitrogen and oxygen atoms in total. The maximum Gasteiger partial charge on any atom is 0.288 e. The van der Waals surface area contributed by atoms with Crippen LogP contribution in [0.1, 0.15) is 17.3 Å². The highest BCUT2D eigenvalue weighted by molar-refractivity contribution is 6.32. The fraction of sp³-hybridized carbons (Fsp3) is 0.0556. The van der Waals surface area contributed by atoms with Crippen molar-refractivity contribution in [1.29, 1.82) is 0 Å². The molecule has 0 atom stereocenters. The van der Waals surface area contributed by atoms with E-state index in [4.69, 9.17) is 27.7 Å². The van der Waals surface area contributed by atoms with Crippen molar-refractivity contribution in [2.45, 2.75) is 6.54 Å². The molecule has 0 spiro atoms. The third-order valence-corrected chi connectivity index (χ3v) is 4.42. The van der Waals surface area contributed by atoms with Gasteiger partial charge in [-0.05, 0) is 23.8 Å². The molecule has 4 rings (SSSR count). The minimum absolute atomic E-state index is 0.00451. The van der Waals surface area contributed by atoms with E-state index in [1.165, 1.54) is 12.5 Å². The van der Waals surface area contributed by atoms with Crippen molar-refractivity contribution >= 4 is 35.4 Å². The number of benzene rings is 1. The van der Waals surface area contributed by atoms with Crippen molar-refractivity contribution in [2.75, 3.05) is 0 Å². The van der Waals surface area contributed by atoms with Gasteiger partial charge in [-0.2, -0.15) is 10.1 Å². The first kappa shape index (κ1) is 18.1. The molecular weight excluding hydrogens is 403 g/mol. The maximum absolute atomic E-state index is 12.5. The largest absolute Gasteiger partial charge is 0.337 e. The van der Waals surface area contributed by atoms with Crippen LogP contribution >= 0.6 is 23.2 Å². The lowest BCUT2D eigenvalue weighted by molar-refractivity contribution is 0.361. The van der Waals surface area contributed by atoms with Gasteiger partial charge in [-0.25, -0.2) is 9.67 Å². The monoisotopic (exact) mass is 414 g/mol. The highest BCUT2D eigenvalue weighted by atomic mass is 35.5. The molecule has 0 aliphatic heterocycles. The predicted octanol–water partition coefficient (Wildman–Crippen LogP) is 3.34. The number of nitrogens with zero attached hydrogens (tertiary/aromatic N) is 6. The molecule has 0 unspecified atom stereocenters. The van der Waals surface area contributed by atoms with Crippen molar-refractivity contribution < 1.29 is 4.52 Å². The summed E-state index contributed by atoms with van der Waals surface area (Å²) in [6.45, 7) is 0.00451. The lowest BCUT2D eigenvalue weighted by Crippen LogP contribution is -2.25. The van der Waals surface area contributed by atoms with Crippen LogP contribution in [0.5, 0.6) is 0 Å². The molecule has 140 valence electrons. The predicted molar refractivity (Wildman–Crippen MR) is 104 cm³/mol. The van der Waals surface area contributed by atoms with Gasteiger partial charge < -0.3 is 9.09 Å². The second-order valence-corrected chi connectivity index (χ2v) is 6.52. The summed E-state index contributed by atoms with van der Waals surface area (Å²) < 4.78 is 7.94. The number of rotatable bonds is 5. The van der Waals surface area contributed by atoms with E-state index in [-0.39, 0.29) is 17.5 Å². The number of aromatic nitrogens is 6. The highest BCUT2D eigenvalue weighted by Crippen LogP contribution is 2.15. The molecule has 0 N–H and O–H groups in total. The molecule has 28 heavy (non-hydrogen) atoms. The summed E-state index contributed by atoms with van der Waals surface area (Å²) in [5, 5.41) is 8.67. The van der Waals surface area contributed by atoms with Gasteiger partial charge in [0.1, 0.15) is 11.6 Å². The molecule has 0 saturated heterocycles. The Morgan fingerprint density at radius 1 is 1.14 bits per heavy atom. The molecule has 3 heterocycles. The topological polar surface area (TPSA) is 91.6 Å². The van der Waals surface area contributed by atoms with Crippen molar-refractivity contribution in [1.82, 2.24) is 29.5 Å². The lowest BCUT2D eigenvalue weighted by atomic mass is 10.2. The molecule has 0 radical (unpaired) electrons. The van der Waals surface area contributed by atoms with E-state index in [0.29, 0.717) is 16.5 Å². The average molecular weight is 415 g/mol. The Morgan fingerprint density at radius 2 is 1.96 bits per heavy atom. The lowest BCUT2D eigenvalue weighted by Gasteiger charge is -2.06. The summed E-state index contributed by atoms with van der Waals surface area (Å²) in [6.07, 6.45) is 9.78. The highest BCUT2D eigenvalue weighted by Gasteiger charge is 2.13. The third kappa shape index (κ3) is 3.88. The second kappa shape index (κ2) is 7.79. The third-order valence-electron chi connectivity index (χ3n) is 3.81. The Morgan fingerprint density at radius 3 is 2.71 bits per heavy atom. The molecule has 0 aliphatic rings. The smallest absolute Gasteiger partial charge is 0.288 e. The normalized spacial score (nSPS) is 11.4. The van der Waals surface area contributed by atoms with Gasteiger partial charge in [-0.1, -0.05) is 46.6 Å². The minimum atomic E-state index is -0.468. The summed E-state index contributed by atoms with van der Waals surface area (Å²) in [5.41, 5.74) is 0.914. The van der Waals surface area contributed by atoms with Gasteiger partial charge in [0, 0.05) is 17.4 Å². The molecular formula is C18H12Cl2N6O2. The fourth-order valence-electron chi connectivity index (χ4n) is 2.42. The first-order chi connectivity index (χ1) is 13.6. The van der Waals surface area contributed by atoms with E-state index in [1.807, 2.05) is 18.2 Å². The molecule has 0 fully saturated rings. The zero-order valence-corrected chi connectivity index (χ0v) is 15.7. The zero-order chi connectivity index (χ0) is 19.5. The Labute approximate surface area is 168 Å². The minimum Gasteiger partial charge on any atom is -0.337 e. The van der Waals surface area contributed by atoms with Crippen molar-refractivity contribution in [3.8, 4) is 5.69 Å². The van der Waals surface area contributed by atoms with Gasteiger partial charge in [0.05, 0.1) is 18.2 Å².